The second-order valence-corrected chi connectivity index (χ2v) is 5.81. The molecule has 1 amide bonds. The van der Waals surface area contributed by atoms with Crippen LogP contribution < -0.4 is 5.32 Å². The molecule has 0 bridgehead atoms. The molecule has 0 heterocycles. The molecule has 7 heteroatoms. The minimum atomic E-state index is -1.13. The highest BCUT2D eigenvalue weighted by molar-refractivity contribution is 9.10. The highest BCUT2D eigenvalue weighted by atomic mass is 79.9. The van der Waals surface area contributed by atoms with E-state index in [0.717, 1.165) is 0 Å². The first-order chi connectivity index (χ1) is 9.86. The van der Waals surface area contributed by atoms with E-state index in [4.69, 9.17) is 28.3 Å². The number of carbonyl (C=O) groups excluding carboxylic acids is 1. The Morgan fingerprint density at radius 3 is 2.38 bits per heavy atom. The normalized spacial score (nSPS) is 10.2. The van der Waals surface area contributed by atoms with Crippen molar-refractivity contribution in [2.75, 3.05) is 5.32 Å². The van der Waals surface area contributed by atoms with Gasteiger partial charge in [0.15, 0.2) is 0 Å². The largest absolute Gasteiger partial charge is 0.478 e. The summed E-state index contributed by atoms with van der Waals surface area (Å²) in [4.78, 5) is 23.0. The van der Waals surface area contributed by atoms with Gasteiger partial charge in [-0.1, -0.05) is 23.2 Å². The Balaban J connectivity index is 2.27. The molecule has 0 aliphatic rings. The van der Waals surface area contributed by atoms with Crippen LogP contribution in [0, 0.1) is 0 Å². The van der Waals surface area contributed by atoms with E-state index < -0.39 is 11.9 Å². The van der Waals surface area contributed by atoms with Crippen molar-refractivity contribution in [2.45, 2.75) is 0 Å². The number of carbonyl (C=O) groups is 2. The third-order valence-corrected chi connectivity index (χ3v) is 4.04. The van der Waals surface area contributed by atoms with E-state index >= 15 is 0 Å². The van der Waals surface area contributed by atoms with Crippen molar-refractivity contribution in [1.29, 1.82) is 0 Å². The molecule has 0 unspecified atom stereocenters. The minimum Gasteiger partial charge on any atom is -0.478 e. The molecule has 0 saturated heterocycles. The average molecular weight is 389 g/mol. The van der Waals surface area contributed by atoms with Crippen molar-refractivity contribution in [2.24, 2.45) is 0 Å². The van der Waals surface area contributed by atoms with Crippen molar-refractivity contribution < 1.29 is 14.7 Å². The molecule has 2 aromatic rings. The molecule has 0 aromatic heterocycles. The van der Waals surface area contributed by atoms with Gasteiger partial charge in [0.2, 0.25) is 0 Å². The number of anilines is 1. The number of benzene rings is 2. The van der Waals surface area contributed by atoms with Crippen molar-refractivity contribution in [1.82, 2.24) is 0 Å². The highest BCUT2D eigenvalue weighted by Gasteiger charge is 2.11. The molecule has 2 N–H and O–H groups in total. The first-order valence-corrected chi connectivity index (χ1v) is 7.22. The molecule has 0 radical (unpaired) electrons. The van der Waals surface area contributed by atoms with E-state index in [-0.39, 0.29) is 10.6 Å². The van der Waals surface area contributed by atoms with Gasteiger partial charge in [0.1, 0.15) is 0 Å². The van der Waals surface area contributed by atoms with Gasteiger partial charge in [-0.25, -0.2) is 4.79 Å². The number of aromatic carboxylic acids is 1. The Bertz CT molecular complexity index is 734. The standard InChI is InChI=1S/C14H8BrCl2NO3/c15-11-2-1-7(5-12(11)17)13(19)18-10-4-8(14(20)21)3-9(16)6-10/h1-6H,(H,18,19)(H,20,21). The Hall–Kier alpha value is -1.56. The SMILES string of the molecule is O=C(O)c1cc(Cl)cc(NC(=O)c2ccc(Br)c(Cl)c2)c1. The lowest BCUT2D eigenvalue weighted by Crippen LogP contribution is -2.12. The monoisotopic (exact) mass is 387 g/mol. The number of rotatable bonds is 3. The molecule has 2 rings (SSSR count). The molecule has 0 spiro atoms. The molecule has 108 valence electrons. The second-order valence-electron chi connectivity index (χ2n) is 4.12. The van der Waals surface area contributed by atoms with Crippen LogP contribution in [0.2, 0.25) is 10.0 Å². The molecule has 4 nitrogen and oxygen atoms in total. The lowest BCUT2D eigenvalue weighted by molar-refractivity contribution is 0.0696. The second kappa shape index (κ2) is 6.47. The topological polar surface area (TPSA) is 66.4 Å². The van der Waals surface area contributed by atoms with Gasteiger partial charge >= 0.3 is 5.97 Å². The zero-order valence-corrected chi connectivity index (χ0v) is 13.5. The zero-order chi connectivity index (χ0) is 15.6. The van der Waals surface area contributed by atoms with E-state index in [1.165, 1.54) is 24.3 Å². The summed E-state index contributed by atoms with van der Waals surface area (Å²) in [6.45, 7) is 0. The van der Waals surface area contributed by atoms with Gasteiger partial charge in [0, 0.05) is 20.7 Å². The quantitative estimate of drug-likeness (QED) is 0.800. The van der Waals surface area contributed by atoms with Gasteiger partial charge < -0.3 is 10.4 Å². The summed E-state index contributed by atoms with van der Waals surface area (Å²) in [5, 5.41) is 12.2. The summed E-state index contributed by atoms with van der Waals surface area (Å²) in [6.07, 6.45) is 0. The third-order valence-electron chi connectivity index (χ3n) is 2.58. The maximum atomic E-state index is 12.1. The predicted octanol–water partition coefficient (Wildman–Crippen LogP) is 4.71. The van der Waals surface area contributed by atoms with E-state index in [9.17, 15) is 9.59 Å². The van der Waals surface area contributed by atoms with E-state index in [1.807, 2.05) is 0 Å². The van der Waals surface area contributed by atoms with Crippen molar-refractivity contribution in [3.63, 3.8) is 0 Å². The van der Waals surface area contributed by atoms with Crippen LogP contribution in [0.1, 0.15) is 20.7 Å². The van der Waals surface area contributed by atoms with Gasteiger partial charge in [-0.15, -0.1) is 0 Å². The number of carboxylic acids is 1. The van der Waals surface area contributed by atoms with E-state index in [1.54, 1.807) is 12.1 Å². The number of amides is 1. The van der Waals surface area contributed by atoms with Crippen molar-refractivity contribution in [3.8, 4) is 0 Å². The predicted molar refractivity (Wildman–Crippen MR) is 85.5 cm³/mol. The molecule has 0 aliphatic heterocycles. The Labute approximate surface area is 138 Å². The molecule has 0 saturated carbocycles. The van der Waals surface area contributed by atoms with Gasteiger partial charge in [-0.05, 0) is 52.3 Å². The van der Waals surface area contributed by atoms with Crippen LogP contribution >= 0.6 is 39.1 Å². The smallest absolute Gasteiger partial charge is 0.335 e. The lowest BCUT2D eigenvalue weighted by Gasteiger charge is -2.08. The van der Waals surface area contributed by atoms with E-state index in [2.05, 4.69) is 21.2 Å². The van der Waals surface area contributed by atoms with Crippen LogP contribution in [0.5, 0.6) is 0 Å². The number of hydrogen-bond donors (Lipinski definition) is 2. The van der Waals surface area contributed by atoms with Gasteiger partial charge in [0.05, 0.1) is 10.6 Å². The number of carboxylic acid groups (broad SMARTS) is 1. The Morgan fingerprint density at radius 2 is 1.76 bits per heavy atom. The van der Waals surface area contributed by atoms with Crippen LogP contribution in [-0.4, -0.2) is 17.0 Å². The fraction of sp³-hybridized carbons (Fsp3) is 0. The lowest BCUT2D eigenvalue weighted by atomic mass is 10.1. The number of hydrogen-bond acceptors (Lipinski definition) is 2. The average Bonchev–Trinajstić information content (AvgIpc) is 2.41. The molecule has 21 heavy (non-hydrogen) atoms. The summed E-state index contributed by atoms with van der Waals surface area (Å²) >= 11 is 15.0. The fourth-order valence-electron chi connectivity index (χ4n) is 1.63. The van der Waals surface area contributed by atoms with Crippen LogP contribution in [0.15, 0.2) is 40.9 Å². The first kappa shape index (κ1) is 15.8. The zero-order valence-electron chi connectivity index (χ0n) is 10.4. The Kier molecular flexibility index (Phi) is 4.88. The third kappa shape index (κ3) is 3.97. The van der Waals surface area contributed by atoms with Crippen molar-refractivity contribution >= 4 is 56.7 Å². The summed E-state index contributed by atoms with van der Waals surface area (Å²) in [7, 11) is 0. The van der Waals surface area contributed by atoms with E-state index in [0.29, 0.717) is 20.7 Å². The summed E-state index contributed by atoms with van der Waals surface area (Å²) < 4.78 is 0.677. The molecular weight excluding hydrogens is 381 g/mol. The van der Waals surface area contributed by atoms with Crippen molar-refractivity contribution in [3.05, 3.63) is 62.0 Å². The summed E-state index contributed by atoms with van der Waals surface area (Å²) in [6, 6.07) is 8.84. The molecule has 0 fully saturated rings. The van der Waals surface area contributed by atoms with Crippen LogP contribution in [0.4, 0.5) is 5.69 Å². The molecule has 0 aliphatic carbocycles. The van der Waals surface area contributed by atoms with Gasteiger partial charge in [0.25, 0.3) is 5.91 Å². The van der Waals surface area contributed by atoms with Crippen LogP contribution in [0.25, 0.3) is 0 Å². The number of nitrogens with one attached hydrogen (secondary N) is 1. The van der Waals surface area contributed by atoms with Crippen LogP contribution in [0.3, 0.4) is 0 Å². The first-order valence-electron chi connectivity index (χ1n) is 5.67. The highest BCUT2D eigenvalue weighted by Crippen LogP contribution is 2.24. The summed E-state index contributed by atoms with van der Waals surface area (Å²) in [5.74, 6) is -1.54. The van der Waals surface area contributed by atoms with Crippen LogP contribution in [-0.2, 0) is 0 Å². The minimum absolute atomic E-state index is 0.00774. The Morgan fingerprint density at radius 1 is 1.05 bits per heavy atom. The maximum Gasteiger partial charge on any atom is 0.335 e. The molecule has 0 atom stereocenters. The number of halogens is 3. The summed E-state index contributed by atoms with van der Waals surface area (Å²) in [5.41, 5.74) is 0.635. The molecule has 2 aromatic carbocycles. The molecular formula is C14H8BrCl2NO3. The van der Waals surface area contributed by atoms with Gasteiger partial charge in [-0.2, -0.15) is 0 Å². The fourth-order valence-corrected chi connectivity index (χ4v) is 2.29. The maximum absolute atomic E-state index is 12.1. The van der Waals surface area contributed by atoms with Gasteiger partial charge in [-0.3, -0.25) is 4.79 Å².